The van der Waals surface area contributed by atoms with Crippen LogP contribution in [0, 0.1) is 13.8 Å². The summed E-state index contributed by atoms with van der Waals surface area (Å²) in [5, 5.41) is 10.1. The van der Waals surface area contributed by atoms with Gasteiger partial charge in [0.2, 0.25) is 0 Å². The van der Waals surface area contributed by atoms with Crippen molar-refractivity contribution in [2.24, 2.45) is 0 Å². The minimum absolute atomic E-state index is 0.0796. The lowest BCUT2D eigenvalue weighted by Crippen LogP contribution is -2.37. The number of fused-ring (bicyclic) bond motifs is 1. The van der Waals surface area contributed by atoms with Crippen LogP contribution < -0.4 is 20.5 Å². The number of amides is 2. The molecule has 0 radical (unpaired) electrons. The largest absolute Gasteiger partial charge is 0.507 e. The maximum Gasteiger partial charge on any atom is 0.273 e. The molecule has 0 saturated carbocycles. The number of ether oxygens (including phenoxy) is 1. The van der Waals surface area contributed by atoms with Gasteiger partial charge in [-0.2, -0.15) is 0 Å². The second-order valence-electron chi connectivity index (χ2n) is 7.89. The van der Waals surface area contributed by atoms with Gasteiger partial charge in [-0.25, -0.2) is 0 Å². The van der Waals surface area contributed by atoms with Crippen molar-refractivity contribution in [3.8, 4) is 11.5 Å². The van der Waals surface area contributed by atoms with E-state index in [2.05, 4.69) is 10.9 Å². The molecule has 33 heavy (non-hydrogen) atoms. The lowest BCUT2D eigenvalue weighted by atomic mass is 10.1. The Morgan fingerprint density at radius 1 is 0.970 bits per heavy atom. The molecule has 3 N–H and O–H groups in total. The van der Waals surface area contributed by atoms with E-state index in [0.29, 0.717) is 17.0 Å². The van der Waals surface area contributed by atoms with Gasteiger partial charge in [0.15, 0.2) is 0 Å². The Balaban J connectivity index is 1.63. The van der Waals surface area contributed by atoms with Crippen molar-refractivity contribution in [1.29, 1.82) is 0 Å². The van der Waals surface area contributed by atoms with Crippen LogP contribution >= 0.6 is 0 Å². The van der Waals surface area contributed by atoms with E-state index in [4.69, 9.17) is 4.74 Å². The van der Waals surface area contributed by atoms with Crippen molar-refractivity contribution >= 4 is 28.8 Å². The third-order valence-corrected chi connectivity index (χ3v) is 5.77. The molecular weight excluding hydrogens is 418 g/mol. The van der Waals surface area contributed by atoms with Gasteiger partial charge in [0, 0.05) is 23.0 Å². The number of hydrogen-bond acceptors (Lipinski definition) is 5. The molecule has 0 spiro atoms. The highest BCUT2D eigenvalue weighted by atomic mass is 16.5. The molecule has 168 valence electrons. The Bertz CT molecular complexity index is 1300. The topological polar surface area (TPSA) is 90.9 Å². The van der Waals surface area contributed by atoms with E-state index in [1.165, 1.54) is 19.2 Å². The Hall–Kier alpha value is -4.26. The summed E-state index contributed by atoms with van der Waals surface area (Å²) in [6.45, 7) is 5.77. The molecule has 0 bridgehead atoms. The van der Waals surface area contributed by atoms with Gasteiger partial charge in [-0.1, -0.05) is 24.3 Å². The number of nitrogens with one attached hydrogen (secondary N) is 2. The molecular formula is C26H25N3O4. The van der Waals surface area contributed by atoms with Crippen LogP contribution in [0.3, 0.4) is 0 Å². The number of phenolic OH excluding ortho intramolecular Hbond substituents is 1. The predicted octanol–water partition coefficient (Wildman–Crippen LogP) is 4.36. The van der Waals surface area contributed by atoms with E-state index in [1.54, 1.807) is 17.9 Å². The average molecular weight is 444 g/mol. The van der Waals surface area contributed by atoms with Gasteiger partial charge in [0.05, 0.1) is 23.9 Å². The van der Waals surface area contributed by atoms with Crippen molar-refractivity contribution in [3.63, 3.8) is 0 Å². The molecule has 0 unspecified atom stereocenters. The number of hydrogen-bond donors (Lipinski definition) is 3. The highest BCUT2D eigenvalue weighted by Crippen LogP contribution is 2.42. The molecule has 0 fully saturated rings. The van der Waals surface area contributed by atoms with Crippen LogP contribution in [0.15, 0.2) is 66.4 Å². The maximum absolute atomic E-state index is 13.5. The average Bonchev–Trinajstić information content (AvgIpc) is 3.10. The summed E-state index contributed by atoms with van der Waals surface area (Å²) in [6, 6.07) is 17.9. The lowest BCUT2D eigenvalue weighted by Gasteiger charge is -2.18. The molecule has 7 nitrogen and oxygen atoms in total. The van der Waals surface area contributed by atoms with Gasteiger partial charge in [0.1, 0.15) is 11.5 Å². The lowest BCUT2D eigenvalue weighted by molar-refractivity contribution is -0.112. The molecule has 0 aromatic heterocycles. The van der Waals surface area contributed by atoms with Crippen LogP contribution in [-0.4, -0.2) is 24.0 Å². The van der Waals surface area contributed by atoms with Gasteiger partial charge in [-0.15, -0.1) is 0 Å². The number of carbonyl (C=O) groups excluding carboxylic acids is 2. The third-order valence-electron chi connectivity index (χ3n) is 5.77. The predicted molar refractivity (Wildman–Crippen MR) is 127 cm³/mol. The normalized spacial score (nSPS) is 14.1. The summed E-state index contributed by atoms with van der Waals surface area (Å²) >= 11 is 0. The van der Waals surface area contributed by atoms with Crippen LogP contribution in [0.2, 0.25) is 0 Å². The minimum atomic E-state index is -0.542. The number of nitrogens with zero attached hydrogens (tertiary/aromatic N) is 1. The fourth-order valence-corrected chi connectivity index (χ4v) is 3.81. The van der Waals surface area contributed by atoms with E-state index >= 15 is 0 Å². The molecule has 1 aliphatic rings. The zero-order chi connectivity index (χ0) is 23.7. The van der Waals surface area contributed by atoms with E-state index in [-0.39, 0.29) is 17.2 Å². The second kappa shape index (κ2) is 8.70. The smallest absolute Gasteiger partial charge is 0.273 e. The first-order chi connectivity index (χ1) is 15.8. The van der Waals surface area contributed by atoms with Crippen molar-refractivity contribution in [2.75, 3.05) is 12.0 Å². The summed E-state index contributed by atoms with van der Waals surface area (Å²) in [5.74, 6) is -0.497. The molecule has 0 aliphatic carbocycles. The van der Waals surface area contributed by atoms with Gasteiger partial charge in [0.25, 0.3) is 11.8 Å². The minimum Gasteiger partial charge on any atom is -0.507 e. The Morgan fingerprint density at radius 2 is 1.73 bits per heavy atom. The molecule has 1 heterocycles. The molecule has 2 amide bonds. The summed E-state index contributed by atoms with van der Waals surface area (Å²) in [5.41, 5.74) is 11.0. The number of para-hydroxylation sites is 1. The monoisotopic (exact) mass is 443 g/mol. The Morgan fingerprint density at radius 3 is 2.42 bits per heavy atom. The van der Waals surface area contributed by atoms with Gasteiger partial charge < -0.3 is 15.3 Å². The number of rotatable bonds is 5. The third kappa shape index (κ3) is 4.01. The molecule has 3 aromatic carbocycles. The first kappa shape index (κ1) is 22.0. The number of methoxy groups -OCH3 is 1. The SMILES string of the molecule is COc1ccc(C(=O)NNC(C)=C2C(=O)N(c3ccc(C)c(C)c3)c3ccccc32)c(O)c1. The second-order valence-corrected chi connectivity index (χ2v) is 7.89. The zero-order valence-electron chi connectivity index (χ0n) is 18.9. The summed E-state index contributed by atoms with van der Waals surface area (Å²) in [4.78, 5) is 27.8. The number of benzene rings is 3. The number of aromatic hydroxyl groups is 1. The van der Waals surface area contributed by atoms with Crippen LogP contribution in [-0.2, 0) is 4.79 Å². The highest BCUT2D eigenvalue weighted by molar-refractivity contribution is 6.35. The number of hydrazine groups is 1. The molecule has 3 aromatic rings. The van der Waals surface area contributed by atoms with Gasteiger partial charge >= 0.3 is 0 Å². The van der Waals surface area contributed by atoms with Crippen LogP contribution in [0.5, 0.6) is 11.5 Å². The number of carbonyl (C=O) groups is 2. The van der Waals surface area contributed by atoms with E-state index < -0.39 is 5.91 Å². The van der Waals surface area contributed by atoms with Gasteiger partial charge in [-0.3, -0.25) is 19.9 Å². The fourth-order valence-electron chi connectivity index (χ4n) is 3.81. The fraction of sp³-hybridized carbons (Fsp3) is 0.154. The number of allylic oxidation sites excluding steroid dienone is 1. The first-order valence-corrected chi connectivity index (χ1v) is 10.5. The van der Waals surface area contributed by atoms with Crippen LogP contribution in [0.4, 0.5) is 11.4 Å². The summed E-state index contributed by atoms with van der Waals surface area (Å²) in [7, 11) is 1.48. The first-order valence-electron chi connectivity index (χ1n) is 10.5. The molecule has 0 atom stereocenters. The van der Waals surface area contributed by atoms with Crippen LogP contribution in [0.25, 0.3) is 5.57 Å². The zero-order valence-corrected chi connectivity index (χ0v) is 18.9. The van der Waals surface area contributed by atoms with Crippen molar-refractivity contribution in [2.45, 2.75) is 20.8 Å². The number of phenols is 1. The summed E-state index contributed by atoms with van der Waals surface area (Å²) in [6.07, 6.45) is 0. The summed E-state index contributed by atoms with van der Waals surface area (Å²) < 4.78 is 5.04. The van der Waals surface area contributed by atoms with E-state index in [9.17, 15) is 14.7 Å². The van der Waals surface area contributed by atoms with E-state index in [0.717, 1.165) is 28.1 Å². The van der Waals surface area contributed by atoms with E-state index in [1.807, 2.05) is 56.3 Å². The molecule has 7 heteroatoms. The number of anilines is 2. The van der Waals surface area contributed by atoms with Crippen molar-refractivity contribution in [1.82, 2.24) is 10.9 Å². The van der Waals surface area contributed by atoms with Gasteiger partial charge in [-0.05, 0) is 62.2 Å². The molecule has 1 aliphatic heterocycles. The van der Waals surface area contributed by atoms with Crippen LogP contribution in [0.1, 0.15) is 34.0 Å². The standard InChI is InChI=1S/C26H25N3O4/c1-15-9-10-18(13-16(15)2)29-22-8-6-5-7-20(22)24(26(29)32)17(3)27-28-25(31)21-12-11-19(33-4)14-23(21)30/h5-14,27,30H,1-4H3,(H,28,31). The molecule has 4 rings (SSSR count). The Kier molecular flexibility index (Phi) is 5.79. The quantitative estimate of drug-likeness (QED) is 0.403. The highest BCUT2D eigenvalue weighted by Gasteiger charge is 2.35. The Labute approximate surface area is 192 Å². The van der Waals surface area contributed by atoms with Crippen molar-refractivity contribution in [3.05, 3.63) is 88.6 Å². The molecule has 0 saturated heterocycles. The number of aryl methyl sites for hydroxylation is 2. The maximum atomic E-state index is 13.5. The van der Waals surface area contributed by atoms with Crippen molar-refractivity contribution < 1.29 is 19.4 Å².